The van der Waals surface area contributed by atoms with Crippen molar-refractivity contribution in [3.8, 4) is 0 Å². The number of hydrogen-bond donors (Lipinski definition) is 2. The zero-order chi connectivity index (χ0) is 16.4. The Morgan fingerprint density at radius 1 is 1.22 bits per heavy atom. The fraction of sp³-hybridized carbons (Fsp3) is 0.188. The Balaban J connectivity index is 1.68. The van der Waals surface area contributed by atoms with E-state index in [0.29, 0.717) is 22.5 Å². The van der Waals surface area contributed by atoms with Gasteiger partial charge in [0.15, 0.2) is 0 Å². The van der Waals surface area contributed by atoms with Gasteiger partial charge in [-0.05, 0) is 36.8 Å². The largest absolute Gasteiger partial charge is 0.366 e. The fourth-order valence-electron chi connectivity index (χ4n) is 2.42. The lowest BCUT2D eigenvalue weighted by Gasteiger charge is -2.16. The van der Waals surface area contributed by atoms with E-state index >= 15 is 0 Å². The number of nitrogens with two attached hydrogens (primary N) is 1. The second-order valence-corrected chi connectivity index (χ2v) is 6.13. The Morgan fingerprint density at radius 2 is 1.96 bits per heavy atom. The first-order chi connectivity index (χ1) is 11.0. The van der Waals surface area contributed by atoms with Crippen molar-refractivity contribution in [3.63, 3.8) is 0 Å². The number of carbonyl (C=O) groups excluding carboxylic acids is 3. The normalized spacial score (nSPS) is 14.1. The highest BCUT2D eigenvalue weighted by atomic mass is 32.1. The fourth-order valence-corrected chi connectivity index (χ4v) is 3.21. The van der Waals surface area contributed by atoms with Crippen LogP contribution in [0.15, 0.2) is 35.7 Å². The highest BCUT2D eigenvalue weighted by Crippen LogP contribution is 2.23. The second kappa shape index (κ2) is 6.21. The molecule has 7 heteroatoms. The maximum atomic E-state index is 12.1. The van der Waals surface area contributed by atoms with Crippen LogP contribution in [0.5, 0.6) is 0 Å². The quantitative estimate of drug-likeness (QED) is 0.901. The Kier molecular flexibility index (Phi) is 4.12. The number of anilines is 2. The van der Waals surface area contributed by atoms with E-state index in [1.807, 2.05) is 12.1 Å². The van der Waals surface area contributed by atoms with E-state index in [1.165, 1.54) is 6.07 Å². The molecule has 6 nitrogen and oxygen atoms in total. The van der Waals surface area contributed by atoms with E-state index in [9.17, 15) is 14.4 Å². The number of rotatable bonds is 4. The van der Waals surface area contributed by atoms with Crippen LogP contribution < -0.4 is 16.0 Å². The van der Waals surface area contributed by atoms with Crippen molar-refractivity contribution in [3.05, 3.63) is 46.2 Å². The third-order valence-corrected chi connectivity index (χ3v) is 4.55. The number of amides is 3. The van der Waals surface area contributed by atoms with Gasteiger partial charge in [-0.3, -0.25) is 14.4 Å². The minimum atomic E-state index is -0.556. The highest BCUT2D eigenvalue weighted by Gasteiger charge is 2.21. The van der Waals surface area contributed by atoms with Crippen LogP contribution in [0.3, 0.4) is 0 Å². The summed E-state index contributed by atoms with van der Waals surface area (Å²) in [6, 6.07) is 8.59. The topological polar surface area (TPSA) is 92.5 Å². The van der Waals surface area contributed by atoms with Gasteiger partial charge in [-0.15, -0.1) is 11.3 Å². The molecule has 1 aromatic heterocycles. The summed E-state index contributed by atoms with van der Waals surface area (Å²) in [6.45, 7) is 0.732. The van der Waals surface area contributed by atoms with E-state index in [1.54, 1.807) is 22.4 Å². The number of carbonyl (C=O) groups is 3. The number of hydrogen-bond acceptors (Lipinski definition) is 4. The first-order valence-electron chi connectivity index (χ1n) is 7.15. The predicted octanol–water partition coefficient (Wildman–Crippen LogP) is 2.23. The number of nitrogens with zero attached hydrogens (tertiary/aromatic N) is 1. The molecule has 3 rings (SSSR count). The zero-order valence-corrected chi connectivity index (χ0v) is 13.1. The van der Waals surface area contributed by atoms with Gasteiger partial charge in [0, 0.05) is 29.7 Å². The lowest BCUT2D eigenvalue weighted by Crippen LogP contribution is -2.23. The van der Waals surface area contributed by atoms with E-state index < -0.39 is 5.91 Å². The van der Waals surface area contributed by atoms with Crippen LogP contribution in [0.2, 0.25) is 0 Å². The molecule has 23 heavy (non-hydrogen) atoms. The molecule has 1 saturated heterocycles. The molecule has 2 heterocycles. The molecular weight excluding hydrogens is 314 g/mol. The van der Waals surface area contributed by atoms with Crippen LogP contribution in [0.25, 0.3) is 0 Å². The molecule has 3 amide bonds. The SMILES string of the molecule is NC(=O)c1csc(C(=O)Nc2ccc(N3CCCC3=O)cc2)c1. The van der Waals surface area contributed by atoms with Crippen molar-refractivity contribution < 1.29 is 14.4 Å². The first-order valence-corrected chi connectivity index (χ1v) is 8.02. The van der Waals surface area contributed by atoms with Crippen LogP contribution >= 0.6 is 11.3 Å². The average molecular weight is 329 g/mol. The molecule has 0 aliphatic carbocycles. The zero-order valence-electron chi connectivity index (χ0n) is 12.2. The predicted molar refractivity (Wildman–Crippen MR) is 88.8 cm³/mol. The lowest BCUT2D eigenvalue weighted by molar-refractivity contribution is -0.117. The maximum absolute atomic E-state index is 12.1. The van der Waals surface area contributed by atoms with Crippen LogP contribution in [-0.2, 0) is 4.79 Å². The Hall–Kier alpha value is -2.67. The molecule has 1 aliphatic heterocycles. The number of nitrogens with one attached hydrogen (secondary N) is 1. The third kappa shape index (κ3) is 3.24. The van der Waals surface area contributed by atoms with Gasteiger partial charge in [-0.25, -0.2) is 0 Å². The molecule has 1 fully saturated rings. The Labute approximate surface area is 136 Å². The standard InChI is InChI=1S/C16H15N3O3S/c17-15(21)10-8-13(23-9-10)16(22)18-11-3-5-12(6-4-11)19-7-1-2-14(19)20/h3-6,8-9H,1-2,7H2,(H2,17,21)(H,18,22). The summed E-state index contributed by atoms with van der Waals surface area (Å²) in [5.74, 6) is -0.730. The first kappa shape index (κ1) is 15.2. The molecule has 1 aromatic carbocycles. The van der Waals surface area contributed by atoms with Crippen LogP contribution in [-0.4, -0.2) is 24.3 Å². The van der Waals surface area contributed by atoms with Gasteiger partial charge >= 0.3 is 0 Å². The van der Waals surface area contributed by atoms with Crippen molar-refractivity contribution in [2.45, 2.75) is 12.8 Å². The molecule has 0 radical (unpaired) electrons. The summed E-state index contributed by atoms with van der Waals surface area (Å²) in [7, 11) is 0. The van der Waals surface area contributed by atoms with E-state index in [-0.39, 0.29) is 11.8 Å². The summed E-state index contributed by atoms with van der Waals surface area (Å²) in [6.07, 6.45) is 1.46. The average Bonchev–Trinajstić information content (AvgIpc) is 3.17. The van der Waals surface area contributed by atoms with Gasteiger partial charge < -0.3 is 16.0 Å². The van der Waals surface area contributed by atoms with Crippen molar-refractivity contribution in [1.29, 1.82) is 0 Å². The third-order valence-electron chi connectivity index (χ3n) is 3.62. The molecule has 0 atom stereocenters. The van der Waals surface area contributed by atoms with Crippen LogP contribution in [0.4, 0.5) is 11.4 Å². The monoisotopic (exact) mass is 329 g/mol. The van der Waals surface area contributed by atoms with Gasteiger partial charge in [0.2, 0.25) is 11.8 Å². The van der Waals surface area contributed by atoms with Gasteiger partial charge in [-0.1, -0.05) is 0 Å². The molecule has 3 N–H and O–H groups in total. The number of thiophene rings is 1. The number of benzene rings is 1. The molecule has 0 saturated carbocycles. The Bertz CT molecular complexity index is 767. The molecule has 2 aromatic rings. The summed E-state index contributed by atoms with van der Waals surface area (Å²) in [5.41, 5.74) is 6.95. The highest BCUT2D eigenvalue weighted by molar-refractivity contribution is 7.12. The van der Waals surface area contributed by atoms with Crippen molar-refractivity contribution in [2.75, 3.05) is 16.8 Å². The van der Waals surface area contributed by atoms with Gasteiger partial charge in [0.1, 0.15) is 0 Å². The van der Waals surface area contributed by atoms with Gasteiger partial charge in [0.25, 0.3) is 5.91 Å². The van der Waals surface area contributed by atoms with Crippen molar-refractivity contribution in [1.82, 2.24) is 0 Å². The van der Waals surface area contributed by atoms with Gasteiger partial charge in [-0.2, -0.15) is 0 Å². The van der Waals surface area contributed by atoms with Crippen LogP contribution in [0.1, 0.15) is 32.9 Å². The maximum Gasteiger partial charge on any atom is 0.265 e. The van der Waals surface area contributed by atoms with E-state index in [4.69, 9.17) is 5.73 Å². The summed E-state index contributed by atoms with van der Waals surface area (Å²) < 4.78 is 0. The Morgan fingerprint density at radius 3 is 2.52 bits per heavy atom. The van der Waals surface area contributed by atoms with Crippen molar-refractivity contribution in [2.24, 2.45) is 5.73 Å². The molecule has 118 valence electrons. The number of primary amides is 1. The summed E-state index contributed by atoms with van der Waals surface area (Å²) in [5, 5.41) is 4.31. The minimum absolute atomic E-state index is 0.124. The van der Waals surface area contributed by atoms with E-state index in [0.717, 1.165) is 30.0 Å². The van der Waals surface area contributed by atoms with Crippen molar-refractivity contribution >= 4 is 40.4 Å². The molecule has 1 aliphatic rings. The van der Waals surface area contributed by atoms with E-state index in [2.05, 4.69) is 5.32 Å². The second-order valence-electron chi connectivity index (χ2n) is 5.21. The smallest absolute Gasteiger partial charge is 0.265 e. The minimum Gasteiger partial charge on any atom is -0.366 e. The van der Waals surface area contributed by atoms with Crippen LogP contribution in [0, 0.1) is 0 Å². The molecule has 0 spiro atoms. The lowest BCUT2D eigenvalue weighted by atomic mass is 10.2. The molecular formula is C16H15N3O3S. The summed E-state index contributed by atoms with van der Waals surface area (Å²) in [4.78, 5) is 37.0. The summed E-state index contributed by atoms with van der Waals surface area (Å²) >= 11 is 1.16. The van der Waals surface area contributed by atoms with Gasteiger partial charge in [0.05, 0.1) is 10.4 Å². The molecule has 0 unspecified atom stereocenters. The molecule has 0 bridgehead atoms.